The lowest BCUT2D eigenvalue weighted by Crippen LogP contribution is -2.45. The second kappa shape index (κ2) is 6.59. The van der Waals surface area contributed by atoms with Gasteiger partial charge in [0.25, 0.3) is 0 Å². The van der Waals surface area contributed by atoms with Crippen LogP contribution in [0.1, 0.15) is 26.2 Å². The summed E-state index contributed by atoms with van der Waals surface area (Å²) < 4.78 is 1.10. The molecular weight excluding hydrogens is 240 g/mol. The van der Waals surface area contributed by atoms with Crippen LogP contribution in [0.15, 0.2) is 11.1 Å². The van der Waals surface area contributed by atoms with E-state index in [2.05, 4.69) is 39.6 Å². The first kappa shape index (κ1) is 12.2. The van der Waals surface area contributed by atoms with Crippen LogP contribution in [0.25, 0.3) is 0 Å². The molecule has 1 unspecified atom stereocenters. The van der Waals surface area contributed by atoms with Crippen LogP contribution >= 0.6 is 15.9 Å². The van der Waals surface area contributed by atoms with Crippen molar-refractivity contribution in [3.63, 3.8) is 0 Å². The molecule has 3 heteroatoms. The minimum atomic E-state index is 0.706. The van der Waals surface area contributed by atoms with E-state index >= 15 is 0 Å². The molecule has 0 aromatic rings. The second-order valence-corrected chi connectivity index (χ2v) is 5.07. The molecule has 0 aromatic heterocycles. The highest BCUT2D eigenvalue weighted by Crippen LogP contribution is 2.18. The zero-order chi connectivity index (χ0) is 10.4. The fourth-order valence-electron chi connectivity index (χ4n) is 2.03. The van der Waals surface area contributed by atoms with Crippen molar-refractivity contribution in [2.24, 2.45) is 0 Å². The highest BCUT2D eigenvalue weighted by Gasteiger charge is 2.21. The second-order valence-electron chi connectivity index (χ2n) is 3.95. The van der Waals surface area contributed by atoms with Gasteiger partial charge in [-0.05, 0) is 25.9 Å². The fourth-order valence-corrected chi connectivity index (χ4v) is 2.35. The summed E-state index contributed by atoms with van der Waals surface area (Å²) in [6.07, 6.45) is 4.04. The third-order valence-corrected chi connectivity index (χ3v) is 3.00. The quantitative estimate of drug-likeness (QED) is 0.817. The standard InChI is InChI=1S/C11H21BrN2/c1-3-13-8-11-6-4-5-7-14(11)9-10(2)12/h11,13H,2-9H2,1H3. The number of hydrogen-bond donors (Lipinski definition) is 1. The summed E-state index contributed by atoms with van der Waals surface area (Å²) in [5, 5.41) is 3.43. The van der Waals surface area contributed by atoms with E-state index in [0.29, 0.717) is 6.04 Å². The Morgan fingerprint density at radius 2 is 2.36 bits per heavy atom. The van der Waals surface area contributed by atoms with Crippen molar-refractivity contribution in [1.29, 1.82) is 0 Å². The highest BCUT2D eigenvalue weighted by atomic mass is 79.9. The largest absolute Gasteiger partial charge is 0.315 e. The molecule has 1 atom stereocenters. The molecule has 1 N–H and O–H groups in total. The molecule has 14 heavy (non-hydrogen) atoms. The minimum absolute atomic E-state index is 0.706. The van der Waals surface area contributed by atoms with Gasteiger partial charge in [0, 0.05) is 23.6 Å². The SMILES string of the molecule is C=C(Br)CN1CCCCC1CNCC. The van der Waals surface area contributed by atoms with Gasteiger partial charge in [-0.25, -0.2) is 0 Å². The molecule has 2 nitrogen and oxygen atoms in total. The Balaban J connectivity index is 2.37. The van der Waals surface area contributed by atoms with Gasteiger partial charge < -0.3 is 5.32 Å². The monoisotopic (exact) mass is 260 g/mol. The fraction of sp³-hybridized carbons (Fsp3) is 0.818. The molecule has 82 valence electrons. The first-order valence-corrected chi connectivity index (χ1v) is 6.31. The average molecular weight is 261 g/mol. The van der Waals surface area contributed by atoms with Gasteiger partial charge in [-0.2, -0.15) is 0 Å². The average Bonchev–Trinajstić information content (AvgIpc) is 2.16. The number of rotatable bonds is 5. The number of nitrogens with zero attached hydrogens (tertiary/aromatic N) is 1. The van der Waals surface area contributed by atoms with Crippen molar-refractivity contribution < 1.29 is 0 Å². The molecule has 0 amide bonds. The van der Waals surface area contributed by atoms with Gasteiger partial charge in [0.1, 0.15) is 0 Å². The van der Waals surface area contributed by atoms with E-state index in [1.807, 2.05) is 0 Å². The van der Waals surface area contributed by atoms with Crippen LogP contribution in [0, 0.1) is 0 Å². The van der Waals surface area contributed by atoms with Gasteiger partial charge in [-0.3, -0.25) is 4.90 Å². The van der Waals surface area contributed by atoms with Crippen LogP contribution in [-0.2, 0) is 0 Å². The lowest BCUT2D eigenvalue weighted by molar-refractivity contribution is 0.162. The van der Waals surface area contributed by atoms with Gasteiger partial charge in [0.2, 0.25) is 0 Å². The molecule has 1 fully saturated rings. The van der Waals surface area contributed by atoms with E-state index in [4.69, 9.17) is 0 Å². The van der Waals surface area contributed by atoms with E-state index in [0.717, 1.165) is 24.1 Å². The predicted molar refractivity (Wildman–Crippen MR) is 65.8 cm³/mol. The number of nitrogens with one attached hydrogen (secondary N) is 1. The molecule has 1 saturated heterocycles. The third kappa shape index (κ3) is 4.11. The van der Waals surface area contributed by atoms with Crippen molar-refractivity contribution in [2.75, 3.05) is 26.2 Å². The number of piperidine rings is 1. The van der Waals surface area contributed by atoms with Crippen molar-refractivity contribution in [1.82, 2.24) is 10.2 Å². The zero-order valence-electron chi connectivity index (χ0n) is 9.06. The number of likely N-dealkylation sites (tertiary alicyclic amines) is 1. The maximum absolute atomic E-state index is 3.92. The molecule has 0 aliphatic carbocycles. The first-order valence-electron chi connectivity index (χ1n) is 5.52. The van der Waals surface area contributed by atoms with Crippen molar-refractivity contribution in [2.45, 2.75) is 32.2 Å². The van der Waals surface area contributed by atoms with Gasteiger partial charge in [0.15, 0.2) is 0 Å². The highest BCUT2D eigenvalue weighted by molar-refractivity contribution is 9.11. The molecule has 1 aliphatic heterocycles. The first-order chi connectivity index (χ1) is 6.74. The molecule has 0 bridgehead atoms. The summed E-state index contributed by atoms with van der Waals surface area (Å²) in [6.45, 7) is 10.5. The van der Waals surface area contributed by atoms with Gasteiger partial charge in [-0.1, -0.05) is 35.9 Å². The molecule has 1 rings (SSSR count). The maximum atomic E-state index is 3.92. The smallest absolute Gasteiger partial charge is 0.0297 e. The van der Waals surface area contributed by atoms with Crippen LogP contribution in [0.5, 0.6) is 0 Å². The molecule has 0 saturated carbocycles. The molecule has 1 heterocycles. The van der Waals surface area contributed by atoms with Crippen LogP contribution in [0.2, 0.25) is 0 Å². The lowest BCUT2D eigenvalue weighted by atomic mass is 10.0. The predicted octanol–water partition coefficient (Wildman–Crippen LogP) is 2.36. The van der Waals surface area contributed by atoms with E-state index in [9.17, 15) is 0 Å². The third-order valence-electron chi connectivity index (χ3n) is 2.75. The maximum Gasteiger partial charge on any atom is 0.0297 e. The van der Waals surface area contributed by atoms with E-state index < -0.39 is 0 Å². The zero-order valence-corrected chi connectivity index (χ0v) is 10.6. The number of likely N-dealkylation sites (N-methyl/N-ethyl adjacent to an activating group) is 1. The summed E-state index contributed by atoms with van der Waals surface area (Å²) in [5.41, 5.74) is 0. The van der Waals surface area contributed by atoms with E-state index in [-0.39, 0.29) is 0 Å². The van der Waals surface area contributed by atoms with Crippen molar-refractivity contribution >= 4 is 15.9 Å². The van der Waals surface area contributed by atoms with Gasteiger partial charge in [0.05, 0.1) is 0 Å². The van der Waals surface area contributed by atoms with Crippen LogP contribution in [-0.4, -0.2) is 37.1 Å². The molecule has 0 aromatic carbocycles. The number of halogens is 1. The molecule has 0 spiro atoms. The summed E-state index contributed by atoms with van der Waals surface area (Å²) in [7, 11) is 0. The van der Waals surface area contributed by atoms with Gasteiger partial charge >= 0.3 is 0 Å². The molecule has 0 radical (unpaired) electrons. The molecule has 1 aliphatic rings. The Bertz CT molecular complexity index is 182. The Morgan fingerprint density at radius 3 is 3.00 bits per heavy atom. The summed E-state index contributed by atoms with van der Waals surface area (Å²) >= 11 is 3.45. The van der Waals surface area contributed by atoms with Gasteiger partial charge in [-0.15, -0.1) is 0 Å². The summed E-state index contributed by atoms with van der Waals surface area (Å²) in [4.78, 5) is 2.53. The Kier molecular flexibility index (Phi) is 5.75. The lowest BCUT2D eigenvalue weighted by Gasteiger charge is -2.35. The van der Waals surface area contributed by atoms with Crippen LogP contribution in [0.3, 0.4) is 0 Å². The summed E-state index contributed by atoms with van der Waals surface area (Å²) in [6, 6.07) is 0.706. The topological polar surface area (TPSA) is 15.3 Å². The normalized spacial score (nSPS) is 23.7. The van der Waals surface area contributed by atoms with Crippen LogP contribution < -0.4 is 5.32 Å². The van der Waals surface area contributed by atoms with E-state index in [1.54, 1.807) is 0 Å². The van der Waals surface area contributed by atoms with E-state index in [1.165, 1.54) is 25.8 Å². The number of hydrogen-bond acceptors (Lipinski definition) is 2. The Hall–Kier alpha value is 0.140. The van der Waals surface area contributed by atoms with Crippen LogP contribution in [0.4, 0.5) is 0 Å². The minimum Gasteiger partial charge on any atom is -0.315 e. The van der Waals surface area contributed by atoms with Crippen molar-refractivity contribution in [3.8, 4) is 0 Å². The van der Waals surface area contributed by atoms with Crippen molar-refractivity contribution in [3.05, 3.63) is 11.1 Å². The summed E-state index contributed by atoms with van der Waals surface area (Å²) in [5.74, 6) is 0. The molecular formula is C11H21BrN2. The Morgan fingerprint density at radius 1 is 1.57 bits per heavy atom. The Labute approximate surface area is 95.9 Å².